The van der Waals surface area contributed by atoms with Gasteiger partial charge in [0.05, 0.1) is 28.4 Å². The minimum absolute atomic E-state index is 0.252. The van der Waals surface area contributed by atoms with E-state index in [1.165, 1.54) is 0 Å². The number of phenols is 1. The van der Waals surface area contributed by atoms with E-state index in [0.717, 1.165) is 101 Å². The van der Waals surface area contributed by atoms with Gasteiger partial charge < -0.3 is 34.3 Å². The average Bonchev–Trinajstić information content (AvgIpc) is 3.92. The second kappa shape index (κ2) is 16.6. The van der Waals surface area contributed by atoms with E-state index in [1.54, 1.807) is 28.4 Å². The van der Waals surface area contributed by atoms with Crippen molar-refractivity contribution in [2.75, 3.05) is 41.5 Å². The van der Waals surface area contributed by atoms with Crippen molar-refractivity contribution < 1.29 is 34.3 Å². The summed E-state index contributed by atoms with van der Waals surface area (Å²) < 4.78 is 21.8. The fraction of sp³-hybridized carbons (Fsp3) is 0.362. The highest BCUT2D eigenvalue weighted by molar-refractivity contribution is 5.47. The minimum atomic E-state index is -1.34. The molecular formula is C47H54N2O7. The second-order valence-electron chi connectivity index (χ2n) is 15.1. The molecule has 3 N–H and O–H groups in total. The van der Waals surface area contributed by atoms with Crippen LogP contribution >= 0.6 is 0 Å². The first-order chi connectivity index (χ1) is 27.1. The van der Waals surface area contributed by atoms with Gasteiger partial charge >= 0.3 is 0 Å². The van der Waals surface area contributed by atoms with Crippen molar-refractivity contribution in [2.24, 2.45) is 0 Å². The molecule has 2 aliphatic heterocycles. The van der Waals surface area contributed by atoms with Gasteiger partial charge in [0.15, 0.2) is 0 Å². The topological polar surface area (TPSA) is 104 Å². The fourth-order valence-corrected chi connectivity index (χ4v) is 9.07. The molecule has 2 heterocycles. The summed E-state index contributed by atoms with van der Waals surface area (Å²) in [4.78, 5) is 4.61. The third kappa shape index (κ3) is 7.44. The normalized spacial score (nSPS) is 17.9. The molecule has 0 amide bonds. The quantitative estimate of drug-likeness (QED) is 0.106. The van der Waals surface area contributed by atoms with Gasteiger partial charge in [-0.25, -0.2) is 0 Å². The maximum atomic E-state index is 12.9. The van der Waals surface area contributed by atoms with Crippen LogP contribution in [0.25, 0.3) is 0 Å². The van der Waals surface area contributed by atoms with Crippen molar-refractivity contribution >= 4 is 0 Å². The molecule has 294 valence electrons. The van der Waals surface area contributed by atoms with Crippen molar-refractivity contribution in [3.8, 4) is 28.7 Å². The second-order valence-corrected chi connectivity index (χ2v) is 15.1. The van der Waals surface area contributed by atoms with E-state index in [9.17, 15) is 15.3 Å². The molecule has 5 aromatic rings. The summed E-state index contributed by atoms with van der Waals surface area (Å²) in [7, 11) is 6.55. The number of ether oxygens (including phenoxy) is 4. The third-order valence-electron chi connectivity index (χ3n) is 12.0. The molecule has 9 heteroatoms. The lowest BCUT2D eigenvalue weighted by atomic mass is 9.78. The van der Waals surface area contributed by atoms with E-state index < -0.39 is 11.2 Å². The highest BCUT2D eigenvalue weighted by Gasteiger charge is 2.47. The van der Waals surface area contributed by atoms with Gasteiger partial charge in [0.2, 0.25) is 0 Å². The predicted octanol–water partition coefficient (Wildman–Crippen LogP) is 7.54. The molecule has 2 fully saturated rings. The van der Waals surface area contributed by atoms with Gasteiger partial charge in [0, 0.05) is 36.3 Å². The maximum absolute atomic E-state index is 12.9. The fourth-order valence-electron chi connectivity index (χ4n) is 9.07. The van der Waals surface area contributed by atoms with Gasteiger partial charge in [-0.05, 0) is 116 Å². The summed E-state index contributed by atoms with van der Waals surface area (Å²) in [6.07, 6.45) is 3.37. The van der Waals surface area contributed by atoms with E-state index in [-0.39, 0.29) is 17.8 Å². The predicted molar refractivity (Wildman–Crippen MR) is 218 cm³/mol. The summed E-state index contributed by atoms with van der Waals surface area (Å²) >= 11 is 0. The van der Waals surface area contributed by atoms with Gasteiger partial charge in [-0.3, -0.25) is 9.80 Å². The molecule has 2 aliphatic rings. The van der Waals surface area contributed by atoms with Gasteiger partial charge in [0.25, 0.3) is 0 Å². The molecule has 2 atom stereocenters. The summed E-state index contributed by atoms with van der Waals surface area (Å²) in [6.45, 7) is 4.53. The number of hydrogen-bond acceptors (Lipinski definition) is 9. The van der Waals surface area contributed by atoms with E-state index in [0.29, 0.717) is 13.1 Å². The molecule has 7 rings (SSSR count). The Labute approximate surface area is 330 Å². The van der Waals surface area contributed by atoms with Crippen molar-refractivity contribution in [2.45, 2.75) is 69.0 Å². The van der Waals surface area contributed by atoms with Crippen LogP contribution in [0.1, 0.15) is 64.6 Å². The Morgan fingerprint density at radius 3 is 1.07 bits per heavy atom. The molecule has 0 saturated carbocycles. The highest BCUT2D eigenvalue weighted by Crippen LogP contribution is 2.45. The first-order valence-electron chi connectivity index (χ1n) is 19.4. The number of methoxy groups -OCH3 is 4. The van der Waals surface area contributed by atoms with Crippen molar-refractivity contribution in [1.82, 2.24) is 9.80 Å². The smallest absolute Gasteiger partial charge is 0.130 e. The standard InChI is InChI=1S/C47H54N2O7/c1-32-28-33(30-48-26-6-8-43(48)46(51,35-10-18-39(53-2)19-11-35)36-12-20-40(54-3)21-13-36)45(50)34(29-32)31-49-27-7-9-44(49)47(52,37-14-22-41(55-4)23-15-37)38-16-24-42(56-5)25-17-38/h10-25,28-29,43-44,50-52H,6-9,26-27,30-31H2,1-5H3/t43-,44-/m0/s1. The SMILES string of the molecule is COc1ccc(C(O)(c2ccc(OC)cc2)[C@@H]2CCCN2Cc2cc(C)cc(CN3CCC[C@H]3C(O)(c3ccc(OC)cc3)c3ccc(OC)cc3)c2O)cc1. The summed E-state index contributed by atoms with van der Waals surface area (Å²) in [5.74, 6) is 3.13. The van der Waals surface area contributed by atoms with Crippen molar-refractivity contribution in [1.29, 1.82) is 0 Å². The van der Waals surface area contributed by atoms with Crippen LogP contribution in [0.5, 0.6) is 28.7 Å². The molecule has 0 bridgehead atoms. The third-order valence-corrected chi connectivity index (χ3v) is 12.0. The van der Waals surface area contributed by atoms with Crippen LogP contribution in [-0.2, 0) is 24.3 Å². The monoisotopic (exact) mass is 758 g/mol. The Morgan fingerprint density at radius 1 is 0.518 bits per heavy atom. The Kier molecular flexibility index (Phi) is 11.6. The van der Waals surface area contributed by atoms with Gasteiger partial charge in [-0.1, -0.05) is 66.2 Å². The number of likely N-dealkylation sites (tertiary alicyclic amines) is 2. The summed E-state index contributed by atoms with van der Waals surface area (Å²) in [6, 6.07) is 34.2. The largest absolute Gasteiger partial charge is 0.507 e. The van der Waals surface area contributed by atoms with Crippen LogP contribution in [0.3, 0.4) is 0 Å². The molecule has 0 aliphatic carbocycles. The number of nitrogens with zero attached hydrogens (tertiary/aromatic N) is 2. The first kappa shape index (κ1) is 39.2. The van der Waals surface area contributed by atoms with Gasteiger partial charge in [0.1, 0.15) is 39.9 Å². The highest BCUT2D eigenvalue weighted by atomic mass is 16.5. The molecular weight excluding hydrogens is 705 g/mol. The zero-order chi connectivity index (χ0) is 39.5. The number of aliphatic hydroxyl groups is 2. The van der Waals surface area contributed by atoms with E-state index in [4.69, 9.17) is 18.9 Å². The molecule has 56 heavy (non-hydrogen) atoms. The van der Waals surface area contributed by atoms with E-state index >= 15 is 0 Å². The number of aromatic hydroxyl groups is 1. The Balaban J connectivity index is 1.20. The number of hydrogen-bond donors (Lipinski definition) is 3. The number of rotatable bonds is 14. The first-order valence-corrected chi connectivity index (χ1v) is 19.4. The average molecular weight is 759 g/mol. The molecule has 0 aromatic heterocycles. The van der Waals surface area contributed by atoms with E-state index in [2.05, 4.69) is 28.9 Å². The Bertz CT molecular complexity index is 1830. The van der Waals surface area contributed by atoms with Crippen LogP contribution in [0.15, 0.2) is 109 Å². The van der Waals surface area contributed by atoms with Crippen molar-refractivity contribution in [3.05, 3.63) is 148 Å². The molecule has 0 spiro atoms. The van der Waals surface area contributed by atoms with Gasteiger partial charge in [-0.2, -0.15) is 0 Å². The number of benzene rings is 5. The molecule has 5 aromatic carbocycles. The zero-order valence-electron chi connectivity index (χ0n) is 33.1. The maximum Gasteiger partial charge on any atom is 0.130 e. The van der Waals surface area contributed by atoms with Gasteiger partial charge in [-0.15, -0.1) is 0 Å². The van der Waals surface area contributed by atoms with E-state index in [1.807, 2.05) is 97.1 Å². The Morgan fingerprint density at radius 2 is 0.804 bits per heavy atom. The molecule has 9 nitrogen and oxygen atoms in total. The number of aryl methyl sites for hydroxylation is 1. The zero-order valence-corrected chi connectivity index (χ0v) is 33.1. The van der Waals surface area contributed by atoms with Crippen LogP contribution in [0.2, 0.25) is 0 Å². The van der Waals surface area contributed by atoms with Crippen LogP contribution in [0.4, 0.5) is 0 Å². The summed E-state index contributed by atoms with van der Waals surface area (Å²) in [5, 5.41) is 37.9. The lowest BCUT2D eigenvalue weighted by Crippen LogP contribution is -2.48. The molecule has 2 saturated heterocycles. The lowest BCUT2D eigenvalue weighted by molar-refractivity contribution is -0.00738. The molecule has 0 radical (unpaired) electrons. The lowest BCUT2D eigenvalue weighted by Gasteiger charge is -2.41. The summed E-state index contributed by atoms with van der Waals surface area (Å²) in [5.41, 5.74) is 3.09. The van der Waals surface area contributed by atoms with Crippen LogP contribution in [0, 0.1) is 6.92 Å². The Hall–Kier alpha value is -5.06. The number of phenolic OH excluding ortho intramolecular Hbond substituents is 1. The van der Waals surface area contributed by atoms with Crippen LogP contribution < -0.4 is 18.9 Å². The van der Waals surface area contributed by atoms with Crippen molar-refractivity contribution in [3.63, 3.8) is 0 Å². The molecule has 0 unspecified atom stereocenters. The van der Waals surface area contributed by atoms with Crippen LogP contribution in [-0.4, -0.2) is 78.7 Å². The minimum Gasteiger partial charge on any atom is -0.507 e.